The van der Waals surface area contributed by atoms with Gasteiger partial charge in [-0.3, -0.25) is 0 Å². The lowest BCUT2D eigenvalue weighted by molar-refractivity contribution is 0.475. The predicted octanol–water partition coefficient (Wildman–Crippen LogP) is 5.28. The van der Waals surface area contributed by atoms with Crippen molar-refractivity contribution in [3.05, 3.63) is 82.9 Å². The first-order chi connectivity index (χ1) is 12.5. The lowest BCUT2D eigenvalue weighted by Crippen LogP contribution is -1.93. The molecule has 0 amide bonds. The van der Waals surface area contributed by atoms with Crippen LogP contribution in [0, 0.1) is 19.3 Å². The Balaban J connectivity index is 1.88. The van der Waals surface area contributed by atoms with Crippen LogP contribution in [-0.4, -0.2) is 10.2 Å². The van der Waals surface area contributed by atoms with Crippen LogP contribution in [-0.2, 0) is 6.42 Å². The fraction of sp³-hybridized carbons (Fsp3) is 0.0833. The first-order valence-corrected chi connectivity index (χ1v) is 8.48. The number of hydrogen-bond donors (Lipinski definition) is 2. The SMILES string of the molecule is C#Cc1cccc2cc(O)cc(Cc3ccc4c(C)cc(O)cc4c3)c12. The second kappa shape index (κ2) is 6.13. The highest BCUT2D eigenvalue weighted by Gasteiger charge is 2.09. The summed E-state index contributed by atoms with van der Waals surface area (Å²) < 4.78 is 0. The van der Waals surface area contributed by atoms with E-state index >= 15 is 0 Å². The number of fused-ring (bicyclic) bond motifs is 2. The fourth-order valence-corrected chi connectivity index (χ4v) is 3.68. The number of rotatable bonds is 2. The molecule has 2 nitrogen and oxygen atoms in total. The van der Waals surface area contributed by atoms with E-state index in [1.54, 1.807) is 24.3 Å². The zero-order valence-corrected chi connectivity index (χ0v) is 14.5. The van der Waals surface area contributed by atoms with Crippen LogP contribution in [0.5, 0.6) is 11.5 Å². The maximum Gasteiger partial charge on any atom is 0.116 e. The molecule has 0 unspecified atom stereocenters. The Morgan fingerprint density at radius 2 is 1.65 bits per heavy atom. The molecular formula is C24H18O2. The van der Waals surface area contributed by atoms with Crippen molar-refractivity contribution in [3.8, 4) is 23.8 Å². The van der Waals surface area contributed by atoms with Gasteiger partial charge in [0.1, 0.15) is 11.5 Å². The lowest BCUT2D eigenvalue weighted by atomic mass is 9.93. The van der Waals surface area contributed by atoms with E-state index < -0.39 is 0 Å². The van der Waals surface area contributed by atoms with Crippen molar-refractivity contribution < 1.29 is 10.2 Å². The molecule has 0 radical (unpaired) electrons. The quantitative estimate of drug-likeness (QED) is 0.488. The molecule has 0 saturated heterocycles. The van der Waals surface area contributed by atoms with E-state index in [4.69, 9.17) is 6.42 Å². The van der Waals surface area contributed by atoms with Crippen molar-refractivity contribution in [1.29, 1.82) is 0 Å². The van der Waals surface area contributed by atoms with Crippen LogP contribution in [0.2, 0.25) is 0 Å². The number of aryl methyl sites for hydroxylation is 1. The summed E-state index contributed by atoms with van der Waals surface area (Å²) in [6.07, 6.45) is 6.33. The van der Waals surface area contributed by atoms with E-state index in [9.17, 15) is 10.2 Å². The molecule has 4 aromatic rings. The summed E-state index contributed by atoms with van der Waals surface area (Å²) in [4.78, 5) is 0. The highest BCUT2D eigenvalue weighted by molar-refractivity contribution is 5.93. The van der Waals surface area contributed by atoms with E-state index in [2.05, 4.69) is 24.1 Å². The van der Waals surface area contributed by atoms with Gasteiger partial charge in [-0.05, 0) is 76.5 Å². The van der Waals surface area contributed by atoms with Gasteiger partial charge in [0, 0.05) is 10.9 Å². The molecule has 0 atom stereocenters. The second-order valence-electron chi connectivity index (χ2n) is 6.65. The first-order valence-electron chi connectivity index (χ1n) is 8.48. The zero-order chi connectivity index (χ0) is 18.3. The van der Waals surface area contributed by atoms with Gasteiger partial charge < -0.3 is 10.2 Å². The van der Waals surface area contributed by atoms with Crippen LogP contribution in [0.3, 0.4) is 0 Å². The molecule has 0 fully saturated rings. The van der Waals surface area contributed by atoms with Crippen molar-refractivity contribution in [2.75, 3.05) is 0 Å². The Kier molecular flexibility index (Phi) is 3.78. The molecule has 0 saturated carbocycles. The molecule has 0 bridgehead atoms. The van der Waals surface area contributed by atoms with Crippen molar-refractivity contribution in [1.82, 2.24) is 0 Å². The van der Waals surface area contributed by atoms with E-state index in [0.717, 1.165) is 43.8 Å². The van der Waals surface area contributed by atoms with Crippen LogP contribution in [0.1, 0.15) is 22.3 Å². The Bertz CT molecular complexity index is 1200. The lowest BCUT2D eigenvalue weighted by Gasteiger charge is -2.11. The predicted molar refractivity (Wildman–Crippen MR) is 107 cm³/mol. The highest BCUT2D eigenvalue weighted by Crippen LogP contribution is 2.31. The topological polar surface area (TPSA) is 40.5 Å². The first kappa shape index (κ1) is 16.1. The summed E-state index contributed by atoms with van der Waals surface area (Å²) in [6, 6.07) is 19.1. The number of hydrogen-bond acceptors (Lipinski definition) is 2. The van der Waals surface area contributed by atoms with Gasteiger partial charge in [-0.15, -0.1) is 6.42 Å². The minimum absolute atomic E-state index is 0.232. The smallest absolute Gasteiger partial charge is 0.116 e. The van der Waals surface area contributed by atoms with E-state index in [0.29, 0.717) is 6.42 Å². The average Bonchev–Trinajstić information content (AvgIpc) is 2.60. The van der Waals surface area contributed by atoms with E-state index in [1.165, 1.54) is 0 Å². The summed E-state index contributed by atoms with van der Waals surface area (Å²) in [7, 11) is 0. The molecule has 4 rings (SSSR count). The van der Waals surface area contributed by atoms with Gasteiger partial charge in [0.15, 0.2) is 0 Å². The van der Waals surface area contributed by atoms with Crippen LogP contribution < -0.4 is 0 Å². The highest BCUT2D eigenvalue weighted by atomic mass is 16.3. The van der Waals surface area contributed by atoms with Crippen molar-refractivity contribution in [2.45, 2.75) is 13.3 Å². The number of aromatic hydroxyl groups is 2. The minimum Gasteiger partial charge on any atom is -0.508 e. The van der Waals surface area contributed by atoms with Crippen LogP contribution in [0.4, 0.5) is 0 Å². The summed E-state index contributed by atoms with van der Waals surface area (Å²) in [6.45, 7) is 1.99. The molecule has 4 aromatic carbocycles. The Hall–Kier alpha value is -3.44. The fourth-order valence-electron chi connectivity index (χ4n) is 3.68. The minimum atomic E-state index is 0.232. The molecule has 0 aliphatic carbocycles. The summed E-state index contributed by atoms with van der Waals surface area (Å²) in [5.41, 5.74) is 3.96. The molecule has 2 heteroatoms. The van der Waals surface area contributed by atoms with Crippen LogP contribution in [0.25, 0.3) is 21.5 Å². The molecule has 26 heavy (non-hydrogen) atoms. The van der Waals surface area contributed by atoms with E-state index in [-0.39, 0.29) is 11.5 Å². The molecule has 0 aromatic heterocycles. The third-order valence-corrected chi connectivity index (χ3v) is 4.80. The summed E-state index contributed by atoms with van der Waals surface area (Å²) in [5, 5.41) is 24.1. The van der Waals surface area contributed by atoms with Gasteiger partial charge in [-0.1, -0.05) is 36.3 Å². The van der Waals surface area contributed by atoms with Crippen molar-refractivity contribution in [3.63, 3.8) is 0 Å². The van der Waals surface area contributed by atoms with Crippen molar-refractivity contribution in [2.24, 2.45) is 0 Å². The van der Waals surface area contributed by atoms with Gasteiger partial charge in [0.05, 0.1) is 0 Å². The van der Waals surface area contributed by atoms with Gasteiger partial charge in [-0.2, -0.15) is 0 Å². The average molecular weight is 338 g/mol. The molecular weight excluding hydrogens is 320 g/mol. The van der Waals surface area contributed by atoms with Gasteiger partial charge >= 0.3 is 0 Å². The molecule has 0 aliphatic heterocycles. The summed E-state index contributed by atoms with van der Waals surface area (Å²) >= 11 is 0. The molecule has 0 spiro atoms. The summed E-state index contributed by atoms with van der Waals surface area (Å²) in [5.74, 6) is 3.25. The number of phenolic OH excluding ortho intramolecular Hbond substituents is 2. The zero-order valence-electron chi connectivity index (χ0n) is 14.5. The van der Waals surface area contributed by atoms with Gasteiger partial charge in [-0.25, -0.2) is 0 Å². The monoisotopic (exact) mass is 338 g/mol. The van der Waals surface area contributed by atoms with Crippen LogP contribution >= 0.6 is 0 Å². The normalized spacial score (nSPS) is 10.9. The Morgan fingerprint density at radius 1 is 0.885 bits per heavy atom. The maximum atomic E-state index is 10.1. The third kappa shape index (κ3) is 2.74. The van der Waals surface area contributed by atoms with Crippen molar-refractivity contribution >= 4 is 21.5 Å². The standard InChI is InChI=1S/C24H18O2/c1-3-17-5-4-6-18-12-22(26)14-20(24(17)18)11-16-7-8-23-15(2)9-21(25)13-19(23)10-16/h1,4-10,12-14,25-26H,11H2,2H3. The number of terminal acetylenes is 1. The Labute approximate surface area is 152 Å². The maximum absolute atomic E-state index is 10.1. The molecule has 126 valence electrons. The third-order valence-electron chi connectivity index (χ3n) is 4.80. The Morgan fingerprint density at radius 3 is 2.46 bits per heavy atom. The second-order valence-corrected chi connectivity index (χ2v) is 6.65. The van der Waals surface area contributed by atoms with E-state index in [1.807, 2.05) is 25.1 Å². The molecule has 0 heterocycles. The number of benzene rings is 4. The molecule has 2 N–H and O–H groups in total. The number of phenols is 2. The molecule has 0 aliphatic rings. The van der Waals surface area contributed by atoms with Crippen LogP contribution in [0.15, 0.2) is 60.7 Å². The largest absolute Gasteiger partial charge is 0.508 e. The van der Waals surface area contributed by atoms with Gasteiger partial charge in [0.2, 0.25) is 0 Å². The van der Waals surface area contributed by atoms with Gasteiger partial charge in [0.25, 0.3) is 0 Å².